The number of nitrogens with one attached hydrogen (secondary N) is 2. The molecule has 0 aliphatic carbocycles. The third-order valence-electron chi connectivity index (χ3n) is 4.28. The monoisotopic (exact) mass is 318 g/mol. The lowest BCUT2D eigenvalue weighted by molar-refractivity contribution is 0.146. The first kappa shape index (κ1) is 15.5. The number of rotatable bonds is 4. The van der Waals surface area contributed by atoms with Crippen molar-refractivity contribution in [1.29, 1.82) is 5.41 Å². The van der Waals surface area contributed by atoms with Crippen LogP contribution >= 0.6 is 0 Å². The summed E-state index contributed by atoms with van der Waals surface area (Å²) in [5, 5.41) is 11.7. The van der Waals surface area contributed by atoms with Crippen LogP contribution in [0.1, 0.15) is 30.1 Å². The molecule has 0 atom stereocenters. The van der Waals surface area contributed by atoms with E-state index in [1.165, 1.54) is 18.3 Å². The predicted octanol–water partition coefficient (Wildman–Crippen LogP) is 2.30. The number of primary amides is 1. The molecule has 1 saturated heterocycles. The van der Waals surface area contributed by atoms with E-state index in [0.717, 1.165) is 31.4 Å². The zero-order chi connectivity index (χ0) is 16.4. The van der Waals surface area contributed by atoms with Gasteiger partial charge in [0.1, 0.15) is 12.4 Å². The molecule has 122 valence electrons. The van der Waals surface area contributed by atoms with Crippen molar-refractivity contribution in [3.8, 4) is 0 Å². The lowest BCUT2D eigenvalue weighted by Gasteiger charge is -2.27. The average Bonchev–Trinajstić information content (AvgIpc) is 2.86. The van der Waals surface area contributed by atoms with Gasteiger partial charge in [0.25, 0.3) is 0 Å². The SMILES string of the molecule is N=Cc1c(COC(N)=O)n(C2CCNCC2)c2ccc(F)cc12. The van der Waals surface area contributed by atoms with E-state index in [1.54, 1.807) is 6.07 Å². The van der Waals surface area contributed by atoms with Crippen LogP contribution in [0.25, 0.3) is 10.9 Å². The van der Waals surface area contributed by atoms with Crippen LogP contribution in [0.15, 0.2) is 18.2 Å². The fraction of sp³-hybridized carbons (Fsp3) is 0.375. The summed E-state index contributed by atoms with van der Waals surface area (Å²) >= 11 is 0. The minimum atomic E-state index is -0.866. The average molecular weight is 318 g/mol. The Hall–Kier alpha value is -2.41. The lowest BCUT2D eigenvalue weighted by atomic mass is 10.1. The second-order valence-electron chi connectivity index (χ2n) is 5.63. The number of carbonyl (C=O) groups excluding carboxylic acids is 1. The standard InChI is InChI=1S/C16H19FN4O2/c17-10-1-2-14-12(7-10)13(8-18)15(9-23-16(19)22)21(14)11-3-5-20-6-4-11/h1-2,7-8,11,18,20H,3-6,9H2,(H2,19,22). The number of hydrogen-bond donors (Lipinski definition) is 3. The van der Waals surface area contributed by atoms with Crippen molar-refractivity contribution in [3.63, 3.8) is 0 Å². The molecular weight excluding hydrogens is 299 g/mol. The molecule has 6 nitrogen and oxygen atoms in total. The van der Waals surface area contributed by atoms with E-state index in [9.17, 15) is 9.18 Å². The Morgan fingerprint density at radius 1 is 1.48 bits per heavy atom. The van der Waals surface area contributed by atoms with Gasteiger partial charge < -0.3 is 25.8 Å². The fourth-order valence-corrected chi connectivity index (χ4v) is 3.29. The fourth-order valence-electron chi connectivity index (χ4n) is 3.29. The number of ether oxygens (including phenoxy) is 1. The number of nitrogens with zero attached hydrogens (tertiary/aromatic N) is 1. The Morgan fingerprint density at radius 3 is 2.87 bits per heavy atom. The summed E-state index contributed by atoms with van der Waals surface area (Å²) in [6, 6.07) is 4.75. The van der Waals surface area contributed by atoms with E-state index in [-0.39, 0.29) is 18.5 Å². The van der Waals surface area contributed by atoms with Gasteiger partial charge in [-0.2, -0.15) is 0 Å². The quantitative estimate of drug-likeness (QED) is 0.755. The predicted molar refractivity (Wildman–Crippen MR) is 85.3 cm³/mol. The molecule has 0 unspecified atom stereocenters. The minimum Gasteiger partial charge on any atom is -0.443 e. The maximum absolute atomic E-state index is 13.7. The molecule has 4 N–H and O–H groups in total. The maximum Gasteiger partial charge on any atom is 0.404 e. The second-order valence-corrected chi connectivity index (χ2v) is 5.63. The van der Waals surface area contributed by atoms with Crippen molar-refractivity contribution < 1.29 is 13.9 Å². The number of nitrogens with two attached hydrogens (primary N) is 1. The first-order valence-corrected chi connectivity index (χ1v) is 7.57. The molecule has 0 saturated carbocycles. The summed E-state index contributed by atoms with van der Waals surface area (Å²) in [5.74, 6) is -0.356. The Kier molecular flexibility index (Phi) is 4.29. The molecule has 1 aromatic carbocycles. The van der Waals surface area contributed by atoms with E-state index in [0.29, 0.717) is 16.6 Å². The van der Waals surface area contributed by atoms with Gasteiger partial charge in [-0.15, -0.1) is 0 Å². The molecule has 0 bridgehead atoms. The molecule has 3 rings (SSSR count). The third-order valence-corrected chi connectivity index (χ3v) is 4.28. The molecule has 0 spiro atoms. The zero-order valence-corrected chi connectivity index (χ0v) is 12.6. The van der Waals surface area contributed by atoms with Gasteiger partial charge in [-0.05, 0) is 44.1 Å². The molecule has 1 aliphatic heterocycles. The Morgan fingerprint density at radius 2 is 2.22 bits per heavy atom. The molecule has 2 heterocycles. The van der Waals surface area contributed by atoms with Crippen molar-refractivity contribution >= 4 is 23.2 Å². The molecule has 1 amide bonds. The number of hydrogen-bond acceptors (Lipinski definition) is 4. The molecule has 7 heteroatoms. The van der Waals surface area contributed by atoms with Crippen LogP contribution in [-0.2, 0) is 11.3 Å². The van der Waals surface area contributed by atoms with Gasteiger partial charge in [0, 0.05) is 28.7 Å². The van der Waals surface area contributed by atoms with Gasteiger partial charge in [0.2, 0.25) is 0 Å². The molecule has 0 radical (unpaired) electrons. The minimum absolute atomic E-state index is 0.0275. The maximum atomic E-state index is 13.7. The molecular formula is C16H19FN4O2. The first-order valence-electron chi connectivity index (χ1n) is 7.57. The first-order chi connectivity index (χ1) is 11.1. The van der Waals surface area contributed by atoms with Crippen LogP contribution in [0.4, 0.5) is 9.18 Å². The highest BCUT2D eigenvalue weighted by atomic mass is 19.1. The van der Waals surface area contributed by atoms with Gasteiger partial charge in [0.15, 0.2) is 0 Å². The summed E-state index contributed by atoms with van der Waals surface area (Å²) in [4.78, 5) is 11.0. The highest BCUT2D eigenvalue weighted by Gasteiger charge is 2.24. The van der Waals surface area contributed by atoms with Crippen LogP contribution in [0.3, 0.4) is 0 Å². The number of carbonyl (C=O) groups is 1. The largest absolute Gasteiger partial charge is 0.443 e. The van der Waals surface area contributed by atoms with E-state index in [1.807, 2.05) is 0 Å². The highest BCUT2D eigenvalue weighted by molar-refractivity contribution is 6.00. The van der Waals surface area contributed by atoms with E-state index < -0.39 is 6.09 Å². The van der Waals surface area contributed by atoms with E-state index in [4.69, 9.17) is 15.9 Å². The number of fused-ring (bicyclic) bond motifs is 1. The molecule has 1 aromatic heterocycles. The molecule has 1 aliphatic rings. The smallest absolute Gasteiger partial charge is 0.404 e. The van der Waals surface area contributed by atoms with Gasteiger partial charge >= 0.3 is 6.09 Å². The zero-order valence-electron chi connectivity index (χ0n) is 12.6. The van der Waals surface area contributed by atoms with Crippen molar-refractivity contribution in [2.45, 2.75) is 25.5 Å². The van der Waals surface area contributed by atoms with Crippen LogP contribution in [0.5, 0.6) is 0 Å². The van der Waals surface area contributed by atoms with Gasteiger partial charge in [-0.3, -0.25) is 0 Å². The summed E-state index contributed by atoms with van der Waals surface area (Å²) < 4.78 is 20.7. The number of amides is 1. The van der Waals surface area contributed by atoms with Crippen molar-refractivity contribution in [3.05, 3.63) is 35.3 Å². The number of aromatic nitrogens is 1. The second kappa shape index (κ2) is 6.37. The van der Waals surface area contributed by atoms with Gasteiger partial charge in [-0.25, -0.2) is 9.18 Å². The number of piperidine rings is 1. The van der Waals surface area contributed by atoms with E-state index in [2.05, 4.69) is 9.88 Å². The summed E-state index contributed by atoms with van der Waals surface area (Å²) in [6.07, 6.45) is 2.15. The third kappa shape index (κ3) is 2.92. The molecule has 1 fully saturated rings. The molecule has 2 aromatic rings. The molecule has 23 heavy (non-hydrogen) atoms. The number of benzene rings is 1. The van der Waals surface area contributed by atoms with Crippen molar-refractivity contribution in [2.24, 2.45) is 5.73 Å². The van der Waals surface area contributed by atoms with Crippen molar-refractivity contribution in [1.82, 2.24) is 9.88 Å². The summed E-state index contributed by atoms with van der Waals surface area (Å²) in [7, 11) is 0. The normalized spacial score (nSPS) is 15.7. The van der Waals surface area contributed by atoms with Crippen LogP contribution < -0.4 is 11.1 Å². The van der Waals surface area contributed by atoms with Gasteiger partial charge in [-0.1, -0.05) is 0 Å². The van der Waals surface area contributed by atoms with Crippen LogP contribution in [0, 0.1) is 11.2 Å². The van der Waals surface area contributed by atoms with Crippen LogP contribution in [-0.4, -0.2) is 30.0 Å². The highest BCUT2D eigenvalue weighted by Crippen LogP contribution is 2.33. The Balaban J connectivity index is 2.18. The Bertz CT molecular complexity index is 750. The Labute approximate surface area is 132 Å². The topological polar surface area (TPSA) is 93.1 Å². The number of halogens is 1. The van der Waals surface area contributed by atoms with E-state index >= 15 is 0 Å². The summed E-state index contributed by atoms with van der Waals surface area (Å²) in [5.41, 5.74) is 7.18. The van der Waals surface area contributed by atoms with Crippen molar-refractivity contribution in [2.75, 3.05) is 13.1 Å². The van der Waals surface area contributed by atoms with Gasteiger partial charge in [0.05, 0.1) is 5.69 Å². The lowest BCUT2D eigenvalue weighted by Crippen LogP contribution is -2.30. The van der Waals surface area contributed by atoms with Crippen LogP contribution in [0.2, 0.25) is 0 Å². The summed E-state index contributed by atoms with van der Waals surface area (Å²) in [6.45, 7) is 1.75.